The van der Waals surface area contributed by atoms with Gasteiger partial charge in [-0.3, -0.25) is 4.68 Å². The fourth-order valence-corrected chi connectivity index (χ4v) is 5.96. The van der Waals surface area contributed by atoms with Crippen LogP contribution < -0.4 is 9.47 Å². The van der Waals surface area contributed by atoms with Gasteiger partial charge in [-0.2, -0.15) is 9.40 Å². The Balaban J connectivity index is 1.55. The van der Waals surface area contributed by atoms with Gasteiger partial charge in [0.2, 0.25) is 0 Å². The van der Waals surface area contributed by atoms with Gasteiger partial charge in [0.05, 0.1) is 26.8 Å². The van der Waals surface area contributed by atoms with E-state index < -0.39 is 15.6 Å². The third-order valence-corrected chi connectivity index (χ3v) is 8.34. The summed E-state index contributed by atoms with van der Waals surface area (Å²) < 4.78 is 46.8. The summed E-state index contributed by atoms with van der Waals surface area (Å²) in [4.78, 5) is 14.4. The second-order valence-corrected chi connectivity index (χ2v) is 12.7. The van der Waals surface area contributed by atoms with E-state index in [9.17, 15) is 13.2 Å². The molecule has 1 amide bonds. The van der Waals surface area contributed by atoms with Crippen LogP contribution in [0.5, 0.6) is 11.5 Å². The van der Waals surface area contributed by atoms with Gasteiger partial charge in [-0.25, -0.2) is 13.2 Å². The maximum atomic E-state index is 13.9. The fraction of sp³-hybridized carbons (Fsp3) is 0.448. The van der Waals surface area contributed by atoms with E-state index in [1.54, 1.807) is 54.3 Å². The molecule has 10 nitrogen and oxygen atoms in total. The van der Waals surface area contributed by atoms with Crippen molar-refractivity contribution in [2.45, 2.75) is 69.9 Å². The highest BCUT2D eigenvalue weighted by Gasteiger charge is 2.33. The molecule has 0 unspecified atom stereocenters. The quantitative estimate of drug-likeness (QED) is 0.348. The predicted octanol–water partition coefficient (Wildman–Crippen LogP) is 4.69. The van der Waals surface area contributed by atoms with Crippen molar-refractivity contribution in [2.75, 3.05) is 20.8 Å². The number of hydrogen-bond acceptors (Lipinski definition) is 7. The summed E-state index contributed by atoms with van der Waals surface area (Å²) in [5.74, 6) is 1.39. The normalized spacial score (nSPS) is 15.8. The molecule has 1 atom stereocenters. The highest BCUT2D eigenvalue weighted by atomic mass is 32.2. The van der Waals surface area contributed by atoms with Crippen molar-refractivity contribution in [3.8, 4) is 11.5 Å². The number of rotatable bonds is 10. The number of hydrogen-bond donors (Lipinski definition) is 0. The first kappa shape index (κ1) is 29.4. The fourth-order valence-electron chi connectivity index (χ4n) is 4.61. The van der Waals surface area contributed by atoms with Crippen molar-refractivity contribution in [2.24, 2.45) is 0 Å². The number of nitrogens with zero attached hydrogens (tertiary/aromatic N) is 4. The lowest BCUT2D eigenvalue weighted by Crippen LogP contribution is -2.41. The van der Waals surface area contributed by atoms with E-state index in [1.165, 1.54) is 10.4 Å². The van der Waals surface area contributed by atoms with Gasteiger partial charge in [0.1, 0.15) is 17.1 Å². The number of likely N-dealkylation sites (tertiary alicyclic amines) is 1. The highest BCUT2D eigenvalue weighted by molar-refractivity contribution is 7.89. The standard InChI is InChI=1S/C29H38N4O6S/c1-29(2,3)39-28(34)33-17-6-7-24(33)21-31-18-16-27(30-31)40(35,36)32(19-22-8-12-25(37-4)13-9-22)20-23-10-14-26(38-5)15-11-23/h8-16,18,24H,6-7,17,19-21H2,1-5H3/t24-/m1/s1. The smallest absolute Gasteiger partial charge is 0.410 e. The molecule has 0 radical (unpaired) electrons. The third-order valence-electron chi connectivity index (χ3n) is 6.66. The first-order valence-corrected chi connectivity index (χ1v) is 14.7. The summed E-state index contributed by atoms with van der Waals surface area (Å²) >= 11 is 0. The highest BCUT2D eigenvalue weighted by Crippen LogP contribution is 2.25. The number of sulfonamides is 1. The molecule has 0 bridgehead atoms. The van der Waals surface area contributed by atoms with Gasteiger partial charge >= 0.3 is 6.09 Å². The molecular formula is C29H38N4O6S. The molecule has 11 heteroatoms. The summed E-state index contributed by atoms with van der Waals surface area (Å²) in [5, 5.41) is 4.40. The van der Waals surface area contributed by atoms with Gasteiger partial charge < -0.3 is 19.1 Å². The second kappa shape index (κ2) is 12.3. The lowest BCUT2D eigenvalue weighted by Gasteiger charge is -2.28. The van der Waals surface area contributed by atoms with E-state index in [0.717, 1.165) is 24.0 Å². The summed E-state index contributed by atoms with van der Waals surface area (Å²) in [6.45, 7) is 6.80. The summed E-state index contributed by atoms with van der Waals surface area (Å²) in [6.07, 6.45) is 2.94. The lowest BCUT2D eigenvalue weighted by molar-refractivity contribution is 0.0211. The molecule has 2 aromatic carbocycles. The van der Waals surface area contributed by atoms with Crippen molar-refractivity contribution in [3.63, 3.8) is 0 Å². The molecule has 1 aliphatic rings. The maximum absolute atomic E-state index is 13.9. The summed E-state index contributed by atoms with van der Waals surface area (Å²) in [7, 11) is -0.787. The molecule has 0 spiro atoms. The van der Waals surface area contributed by atoms with Gasteiger partial charge in [0.15, 0.2) is 5.03 Å². The van der Waals surface area contributed by atoms with Crippen LogP contribution in [-0.2, 0) is 34.4 Å². The Kier molecular flexibility index (Phi) is 9.05. The SMILES string of the molecule is COc1ccc(CN(Cc2ccc(OC)cc2)S(=O)(=O)c2ccn(C[C@H]3CCCN3C(=O)OC(C)(C)C)n2)cc1. The lowest BCUT2D eigenvalue weighted by atomic mass is 10.2. The first-order valence-electron chi connectivity index (χ1n) is 13.3. The second-order valence-electron chi connectivity index (χ2n) is 10.8. The van der Waals surface area contributed by atoms with Gasteiger partial charge in [0, 0.05) is 25.8 Å². The van der Waals surface area contributed by atoms with Crippen LogP contribution in [0.15, 0.2) is 65.8 Å². The van der Waals surface area contributed by atoms with Crippen LogP contribution in [0.25, 0.3) is 0 Å². The van der Waals surface area contributed by atoms with Crippen LogP contribution in [0.4, 0.5) is 4.79 Å². The molecule has 1 aliphatic heterocycles. The Morgan fingerprint density at radius 1 is 0.950 bits per heavy atom. The molecule has 4 rings (SSSR count). The van der Waals surface area contributed by atoms with Crippen LogP contribution in [0.1, 0.15) is 44.7 Å². The Morgan fingerprint density at radius 3 is 2.00 bits per heavy atom. The van der Waals surface area contributed by atoms with Crippen molar-refractivity contribution in [1.29, 1.82) is 0 Å². The monoisotopic (exact) mass is 570 g/mol. The van der Waals surface area contributed by atoms with Gasteiger partial charge in [-0.15, -0.1) is 0 Å². The minimum absolute atomic E-state index is 0.0451. The number of ether oxygens (including phenoxy) is 3. The Labute approximate surface area is 236 Å². The molecule has 0 saturated carbocycles. The molecule has 0 aliphatic carbocycles. The Morgan fingerprint density at radius 2 is 1.50 bits per heavy atom. The van der Waals surface area contributed by atoms with E-state index >= 15 is 0 Å². The molecule has 1 saturated heterocycles. The van der Waals surface area contributed by atoms with Crippen LogP contribution in [0.3, 0.4) is 0 Å². The van der Waals surface area contributed by atoms with Gasteiger partial charge in [-0.05, 0) is 75.1 Å². The van der Waals surface area contributed by atoms with Crippen molar-refractivity contribution < 1.29 is 27.4 Å². The van der Waals surface area contributed by atoms with Crippen LogP contribution in [-0.4, -0.2) is 65.9 Å². The van der Waals surface area contributed by atoms with Crippen LogP contribution in [0, 0.1) is 0 Å². The molecule has 0 N–H and O–H groups in total. The largest absolute Gasteiger partial charge is 0.497 e. The number of methoxy groups -OCH3 is 2. The van der Waals surface area contributed by atoms with E-state index in [-0.39, 0.29) is 30.3 Å². The molecule has 1 aromatic heterocycles. The van der Waals surface area contributed by atoms with E-state index in [1.807, 2.05) is 45.0 Å². The number of benzene rings is 2. The molecular weight excluding hydrogens is 532 g/mol. The zero-order valence-electron chi connectivity index (χ0n) is 23.7. The Hall–Kier alpha value is -3.57. The minimum Gasteiger partial charge on any atom is -0.497 e. The first-order chi connectivity index (χ1) is 19.0. The zero-order valence-corrected chi connectivity index (χ0v) is 24.6. The van der Waals surface area contributed by atoms with E-state index in [4.69, 9.17) is 14.2 Å². The Bertz CT molecular complexity index is 1330. The molecule has 1 fully saturated rings. The van der Waals surface area contributed by atoms with E-state index in [0.29, 0.717) is 24.6 Å². The minimum atomic E-state index is -3.96. The van der Waals surface area contributed by atoms with Crippen molar-refractivity contribution >= 4 is 16.1 Å². The number of amides is 1. The maximum Gasteiger partial charge on any atom is 0.410 e. The number of carbonyl (C=O) groups is 1. The van der Waals surface area contributed by atoms with Crippen molar-refractivity contribution in [3.05, 3.63) is 71.9 Å². The number of aromatic nitrogens is 2. The molecule has 40 heavy (non-hydrogen) atoms. The van der Waals surface area contributed by atoms with Crippen molar-refractivity contribution in [1.82, 2.24) is 19.0 Å². The van der Waals surface area contributed by atoms with Crippen LogP contribution in [0.2, 0.25) is 0 Å². The van der Waals surface area contributed by atoms with Gasteiger partial charge in [0.25, 0.3) is 10.0 Å². The van der Waals surface area contributed by atoms with Crippen LogP contribution >= 0.6 is 0 Å². The average molecular weight is 571 g/mol. The van der Waals surface area contributed by atoms with E-state index in [2.05, 4.69) is 5.10 Å². The zero-order chi connectivity index (χ0) is 28.9. The molecule has 216 valence electrons. The average Bonchev–Trinajstić information content (AvgIpc) is 3.59. The molecule has 3 aromatic rings. The summed E-state index contributed by atoms with van der Waals surface area (Å²) in [6, 6.07) is 16.0. The third kappa shape index (κ3) is 7.33. The topological polar surface area (TPSA) is 103 Å². The predicted molar refractivity (Wildman–Crippen MR) is 151 cm³/mol. The summed E-state index contributed by atoms with van der Waals surface area (Å²) in [5.41, 5.74) is 1.04. The number of carbonyl (C=O) groups excluding carboxylic acids is 1. The van der Waals surface area contributed by atoms with Gasteiger partial charge in [-0.1, -0.05) is 24.3 Å². The molecule has 2 heterocycles.